The number of ketones is 1. The third kappa shape index (κ3) is 8.21. The van der Waals surface area contributed by atoms with Crippen LogP contribution in [0.4, 0.5) is 0 Å². The van der Waals surface area contributed by atoms with Crippen molar-refractivity contribution in [3.8, 4) is 0 Å². The van der Waals surface area contributed by atoms with Gasteiger partial charge in [-0.3, -0.25) is 9.59 Å². The van der Waals surface area contributed by atoms with E-state index in [0.717, 1.165) is 12.0 Å². The summed E-state index contributed by atoms with van der Waals surface area (Å²) in [6.45, 7) is 4.23. The number of benzene rings is 1. The van der Waals surface area contributed by atoms with Crippen molar-refractivity contribution in [2.24, 2.45) is 0 Å². The number of aryl methyl sites for hydroxylation is 1. The maximum atomic E-state index is 12.0. The Labute approximate surface area is 144 Å². The first-order valence-electron chi connectivity index (χ1n) is 8.18. The number of rotatable bonds is 11. The van der Waals surface area contributed by atoms with Crippen LogP contribution in [0.15, 0.2) is 24.3 Å². The van der Waals surface area contributed by atoms with E-state index in [2.05, 4.69) is 10.0 Å². The van der Waals surface area contributed by atoms with Gasteiger partial charge in [0.2, 0.25) is 15.9 Å². The van der Waals surface area contributed by atoms with Gasteiger partial charge in [0.1, 0.15) is 0 Å². The zero-order valence-electron chi connectivity index (χ0n) is 14.3. The van der Waals surface area contributed by atoms with Crippen LogP contribution >= 0.6 is 0 Å². The molecule has 134 valence electrons. The van der Waals surface area contributed by atoms with Crippen molar-refractivity contribution < 1.29 is 18.0 Å². The van der Waals surface area contributed by atoms with Crippen molar-refractivity contribution >= 4 is 21.7 Å². The number of sulfonamides is 1. The summed E-state index contributed by atoms with van der Waals surface area (Å²) in [4.78, 5) is 23.6. The zero-order chi connectivity index (χ0) is 18.0. The van der Waals surface area contributed by atoms with Gasteiger partial charge in [0.05, 0.1) is 5.75 Å². The number of unbranched alkanes of at least 4 members (excludes halogenated alkanes) is 1. The van der Waals surface area contributed by atoms with Crippen molar-refractivity contribution in [1.29, 1.82) is 0 Å². The highest BCUT2D eigenvalue weighted by molar-refractivity contribution is 7.89. The van der Waals surface area contributed by atoms with Crippen LogP contribution in [0.25, 0.3) is 0 Å². The molecule has 1 rings (SSSR count). The molecule has 0 unspecified atom stereocenters. The third-order valence-corrected chi connectivity index (χ3v) is 4.96. The Morgan fingerprint density at radius 1 is 1.04 bits per heavy atom. The Hall–Kier alpha value is -1.73. The fraction of sp³-hybridized carbons (Fsp3) is 0.529. The minimum Gasteiger partial charge on any atom is -0.355 e. The molecule has 0 spiro atoms. The SMILES string of the molecule is CCCCS(=O)(=O)NCCNC(=O)CCC(=O)c1ccc(C)cc1. The van der Waals surface area contributed by atoms with Crippen molar-refractivity contribution in [2.45, 2.75) is 39.5 Å². The van der Waals surface area contributed by atoms with E-state index < -0.39 is 10.0 Å². The molecule has 0 aliphatic rings. The monoisotopic (exact) mass is 354 g/mol. The van der Waals surface area contributed by atoms with Gasteiger partial charge in [0.15, 0.2) is 5.78 Å². The molecule has 0 aliphatic heterocycles. The van der Waals surface area contributed by atoms with E-state index in [1.807, 2.05) is 26.0 Å². The van der Waals surface area contributed by atoms with Gasteiger partial charge in [-0.25, -0.2) is 13.1 Å². The van der Waals surface area contributed by atoms with Gasteiger partial charge in [0.25, 0.3) is 0 Å². The summed E-state index contributed by atoms with van der Waals surface area (Å²) in [5.74, 6) is -0.240. The van der Waals surface area contributed by atoms with Crippen molar-refractivity contribution in [2.75, 3.05) is 18.8 Å². The quantitative estimate of drug-likeness (QED) is 0.468. The van der Waals surface area contributed by atoms with Gasteiger partial charge in [-0.2, -0.15) is 0 Å². The van der Waals surface area contributed by atoms with Crippen LogP contribution in [-0.2, 0) is 14.8 Å². The fourth-order valence-electron chi connectivity index (χ4n) is 2.01. The molecule has 0 fully saturated rings. The Kier molecular flexibility index (Phi) is 8.63. The second-order valence-electron chi connectivity index (χ2n) is 5.71. The molecule has 0 saturated heterocycles. The second-order valence-corrected chi connectivity index (χ2v) is 7.63. The van der Waals surface area contributed by atoms with Crippen LogP contribution in [-0.4, -0.2) is 39.0 Å². The maximum absolute atomic E-state index is 12.0. The molecule has 0 radical (unpaired) electrons. The molecule has 2 N–H and O–H groups in total. The molecule has 0 saturated carbocycles. The molecule has 0 bridgehead atoms. The summed E-state index contributed by atoms with van der Waals surface area (Å²) in [7, 11) is -3.26. The number of nitrogens with one attached hydrogen (secondary N) is 2. The molecule has 1 aromatic rings. The number of carbonyl (C=O) groups is 2. The molecular formula is C17H26N2O4S. The molecule has 0 atom stereocenters. The summed E-state index contributed by atoms with van der Waals surface area (Å²) in [5, 5.41) is 2.61. The Balaban J connectivity index is 2.22. The van der Waals surface area contributed by atoms with Gasteiger partial charge < -0.3 is 5.32 Å². The standard InChI is InChI=1S/C17H26N2O4S/c1-3-4-13-24(22,23)19-12-11-18-17(21)10-9-16(20)15-7-5-14(2)6-8-15/h5-8,19H,3-4,9-13H2,1-2H3,(H,18,21). The highest BCUT2D eigenvalue weighted by Crippen LogP contribution is 2.07. The van der Waals surface area contributed by atoms with Gasteiger partial charge in [-0.05, 0) is 13.3 Å². The number of Topliss-reactive ketones (excluding diaryl/α,β-unsaturated/α-hetero) is 1. The normalized spacial score (nSPS) is 11.2. The molecule has 0 aliphatic carbocycles. The first-order valence-corrected chi connectivity index (χ1v) is 9.83. The number of carbonyl (C=O) groups excluding carboxylic acids is 2. The lowest BCUT2D eigenvalue weighted by molar-refractivity contribution is -0.121. The number of hydrogen-bond donors (Lipinski definition) is 2. The minimum atomic E-state index is -3.26. The Morgan fingerprint density at radius 2 is 1.71 bits per heavy atom. The average molecular weight is 354 g/mol. The molecule has 24 heavy (non-hydrogen) atoms. The maximum Gasteiger partial charge on any atom is 0.220 e. The van der Waals surface area contributed by atoms with Gasteiger partial charge in [-0.15, -0.1) is 0 Å². The molecule has 0 aromatic heterocycles. The topological polar surface area (TPSA) is 92.3 Å². The van der Waals surface area contributed by atoms with E-state index in [-0.39, 0.29) is 43.4 Å². The van der Waals surface area contributed by atoms with Gasteiger partial charge >= 0.3 is 0 Å². The predicted octanol–water partition coefficient (Wildman–Crippen LogP) is 1.79. The largest absolute Gasteiger partial charge is 0.355 e. The number of amides is 1. The first kappa shape index (κ1) is 20.3. The smallest absolute Gasteiger partial charge is 0.220 e. The first-order chi connectivity index (χ1) is 11.3. The van der Waals surface area contributed by atoms with Crippen LogP contribution in [0.3, 0.4) is 0 Å². The lowest BCUT2D eigenvalue weighted by atomic mass is 10.1. The molecule has 7 heteroatoms. The van der Waals surface area contributed by atoms with Crippen molar-refractivity contribution in [1.82, 2.24) is 10.0 Å². The van der Waals surface area contributed by atoms with E-state index in [4.69, 9.17) is 0 Å². The molecular weight excluding hydrogens is 328 g/mol. The van der Waals surface area contributed by atoms with E-state index >= 15 is 0 Å². The molecule has 6 nitrogen and oxygen atoms in total. The van der Waals surface area contributed by atoms with Crippen LogP contribution in [0, 0.1) is 6.92 Å². The van der Waals surface area contributed by atoms with E-state index in [1.54, 1.807) is 12.1 Å². The summed E-state index contributed by atoms with van der Waals surface area (Å²) >= 11 is 0. The van der Waals surface area contributed by atoms with Crippen molar-refractivity contribution in [3.63, 3.8) is 0 Å². The predicted molar refractivity (Wildman–Crippen MR) is 94.5 cm³/mol. The Morgan fingerprint density at radius 3 is 2.33 bits per heavy atom. The summed E-state index contributed by atoms with van der Waals surface area (Å²) in [6, 6.07) is 7.22. The van der Waals surface area contributed by atoms with E-state index in [9.17, 15) is 18.0 Å². The van der Waals surface area contributed by atoms with E-state index in [1.165, 1.54) is 0 Å². The lowest BCUT2D eigenvalue weighted by Gasteiger charge is -2.07. The number of hydrogen-bond acceptors (Lipinski definition) is 4. The minimum absolute atomic E-state index is 0.0783. The molecule has 0 heterocycles. The van der Waals surface area contributed by atoms with Crippen LogP contribution in [0.5, 0.6) is 0 Å². The molecule has 1 aromatic carbocycles. The third-order valence-electron chi connectivity index (χ3n) is 3.49. The van der Waals surface area contributed by atoms with E-state index in [0.29, 0.717) is 12.0 Å². The molecule has 1 amide bonds. The van der Waals surface area contributed by atoms with Crippen molar-refractivity contribution in [3.05, 3.63) is 35.4 Å². The summed E-state index contributed by atoms with van der Waals surface area (Å²) < 4.78 is 25.6. The summed E-state index contributed by atoms with van der Waals surface area (Å²) in [6.07, 6.45) is 1.65. The van der Waals surface area contributed by atoms with Crippen LogP contribution < -0.4 is 10.0 Å². The zero-order valence-corrected chi connectivity index (χ0v) is 15.1. The second kappa shape index (κ2) is 10.2. The Bertz CT molecular complexity index is 639. The lowest BCUT2D eigenvalue weighted by Crippen LogP contribution is -2.35. The fourth-order valence-corrected chi connectivity index (χ4v) is 3.24. The van der Waals surface area contributed by atoms with Crippen LogP contribution in [0.2, 0.25) is 0 Å². The highest BCUT2D eigenvalue weighted by atomic mass is 32.2. The highest BCUT2D eigenvalue weighted by Gasteiger charge is 2.10. The van der Waals surface area contributed by atoms with Crippen LogP contribution in [0.1, 0.15) is 48.5 Å². The summed E-state index contributed by atoms with van der Waals surface area (Å²) in [5.41, 5.74) is 1.67. The van der Waals surface area contributed by atoms with Gasteiger partial charge in [-0.1, -0.05) is 43.2 Å². The van der Waals surface area contributed by atoms with Gasteiger partial charge in [0, 0.05) is 31.5 Å². The average Bonchev–Trinajstić information content (AvgIpc) is 2.55.